The molecule has 0 aliphatic rings. The van der Waals surface area contributed by atoms with E-state index in [0.717, 1.165) is 50.1 Å². The molecule has 12 rings (SSSR count). The molecule has 0 bridgehead atoms. The van der Waals surface area contributed by atoms with Crippen molar-refractivity contribution in [1.82, 2.24) is 0 Å². The van der Waals surface area contributed by atoms with Gasteiger partial charge in [-0.15, -0.1) is 11.3 Å². The monoisotopic (exact) mass is 743 g/mol. The highest BCUT2D eigenvalue weighted by molar-refractivity contribution is 7.26. The standard InChI is InChI=1S/C54H33NOS/c1-3-15-38-34(12-1)14-9-20-42(38)45-32-33-49(52-47-18-5-7-24-50(47)56-53(45)52)55(48-23-11-21-41-39-16-4-2-13-35(39)28-31-43(41)48)37-29-26-36(27-30-37)40-19-10-22-46-44-17-6-8-25-51(44)57-54(40)46/h1-33H. The van der Waals surface area contributed by atoms with Gasteiger partial charge in [-0.3, -0.25) is 0 Å². The molecule has 0 amide bonds. The van der Waals surface area contributed by atoms with Gasteiger partial charge in [-0.2, -0.15) is 0 Å². The Hall–Kier alpha value is -7.20. The number of para-hydroxylation sites is 1. The number of fused-ring (bicyclic) bond motifs is 10. The summed E-state index contributed by atoms with van der Waals surface area (Å²) in [5, 5.41) is 12.1. The topological polar surface area (TPSA) is 16.4 Å². The van der Waals surface area contributed by atoms with Gasteiger partial charge in [0.1, 0.15) is 11.2 Å². The number of anilines is 3. The fourth-order valence-electron chi connectivity index (χ4n) is 9.06. The first-order valence-corrected chi connectivity index (χ1v) is 20.2. The minimum atomic E-state index is 0.872. The maximum Gasteiger partial charge on any atom is 0.145 e. The minimum Gasteiger partial charge on any atom is -0.455 e. The first-order chi connectivity index (χ1) is 28.3. The second kappa shape index (κ2) is 12.7. The lowest BCUT2D eigenvalue weighted by Crippen LogP contribution is -2.11. The maximum absolute atomic E-state index is 6.91. The highest BCUT2D eigenvalue weighted by atomic mass is 32.1. The molecule has 0 aliphatic heterocycles. The highest BCUT2D eigenvalue weighted by Crippen LogP contribution is 2.49. The van der Waals surface area contributed by atoms with Gasteiger partial charge in [0.05, 0.1) is 16.8 Å². The Bertz CT molecular complexity index is 3530. The molecule has 0 saturated heterocycles. The quantitative estimate of drug-likeness (QED) is 0.163. The van der Waals surface area contributed by atoms with Crippen LogP contribution in [0.15, 0.2) is 205 Å². The Kier molecular flexibility index (Phi) is 7.13. The van der Waals surface area contributed by atoms with Crippen LogP contribution in [0, 0.1) is 0 Å². The molecule has 12 aromatic rings. The number of thiophene rings is 1. The Morgan fingerprint density at radius 2 is 1.02 bits per heavy atom. The molecule has 57 heavy (non-hydrogen) atoms. The van der Waals surface area contributed by atoms with E-state index in [2.05, 4.69) is 205 Å². The normalized spacial score (nSPS) is 11.9. The number of nitrogens with zero attached hydrogens (tertiary/aromatic N) is 1. The third kappa shape index (κ3) is 4.96. The molecule has 0 aliphatic carbocycles. The van der Waals surface area contributed by atoms with Crippen molar-refractivity contribution in [2.24, 2.45) is 0 Å². The van der Waals surface area contributed by atoms with Crippen molar-refractivity contribution < 1.29 is 4.42 Å². The van der Waals surface area contributed by atoms with Crippen LogP contribution in [-0.4, -0.2) is 0 Å². The molecule has 0 saturated carbocycles. The largest absolute Gasteiger partial charge is 0.455 e. The molecule has 266 valence electrons. The summed E-state index contributed by atoms with van der Waals surface area (Å²) >= 11 is 1.87. The Morgan fingerprint density at radius 1 is 0.368 bits per heavy atom. The third-order valence-corrected chi connectivity index (χ3v) is 12.9. The van der Waals surface area contributed by atoms with Crippen molar-refractivity contribution in [3.8, 4) is 22.3 Å². The van der Waals surface area contributed by atoms with Crippen molar-refractivity contribution in [2.45, 2.75) is 0 Å². The number of hydrogen-bond donors (Lipinski definition) is 0. The van der Waals surface area contributed by atoms with Gasteiger partial charge in [0.2, 0.25) is 0 Å². The van der Waals surface area contributed by atoms with Crippen molar-refractivity contribution in [3.05, 3.63) is 200 Å². The van der Waals surface area contributed by atoms with E-state index in [-0.39, 0.29) is 0 Å². The van der Waals surface area contributed by atoms with Gasteiger partial charge in [-0.05, 0) is 86.1 Å². The van der Waals surface area contributed by atoms with E-state index >= 15 is 0 Å². The lowest BCUT2D eigenvalue weighted by Gasteiger charge is -2.28. The first-order valence-electron chi connectivity index (χ1n) is 19.4. The summed E-state index contributed by atoms with van der Waals surface area (Å²) in [5.41, 5.74) is 9.71. The Labute approximate surface area is 333 Å². The van der Waals surface area contributed by atoms with E-state index < -0.39 is 0 Å². The lowest BCUT2D eigenvalue weighted by molar-refractivity contribution is 0.670. The van der Waals surface area contributed by atoms with E-state index in [9.17, 15) is 0 Å². The second-order valence-corrected chi connectivity index (χ2v) is 15.8. The van der Waals surface area contributed by atoms with Gasteiger partial charge in [-0.25, -0.2) is 0 Å². The zero-order chi connectivity index (χ0) is 37.5. The van der Waals surface area contributed by atoms with Crippen LogP contribution in [0.2, 0.25) is 0 Å². The SMILES string of the molecule is c1ccc2c(-c3ccc(N(c4ccc(-c5cccc6c5sc5ccccc56)cc4)c4cccc5c4ccc4ccccc45)c4c3oc3ccccc34)cccc2c1. The average molecular weight is 744 g/mol. The summed E-state index contributed by atoms with van der Waals surface area (Å²) in [7, 11) is 0. The zero-order valence-electron chi connectivity index (χ0n) is 30.8. The molecule has 0 atom stereocenters. The molecule has 2 heterocycles. The number of benzene rings is 10. The van der Waals surface area contributed by atoms with Crippen LogP contribution in [0.1, 0.15) is 0 Å². The van der Waals surface area contributed by atoms with E-state index in [1.165, 1.54) is 63.6 Å². The van der Waals surface area contributed by atoms with E-state index in [1.807, 2.05) is 11.3 Å². The van der Waals surface area contributed by atoms with Crippen molar-refractivity contribution in [2.75, 3.05) is 4.90 Å². The van der Waals surface area contributed by atoms with Crippen LogP contribution < -0.4 is 4.90 Å². The molecule has 0 radical (unpaired) electrons. The molecule has 0 spiro atoms. The highest BCUT2D eigenvalue weighted by Gasteiger charge is 2.24. The number of hydrogen-bond acceptors (Lipinski definition) is 3. The Morgan fingerprint density at radius 3 is 1.89 bits per heavy atom. The average Bonchev–Trinajstić information content (AvgIpc) is 3.86. The molecule has 0 N–H and O–H groups in total. The van der Waals surface area contributed by atoms with Crippen LogP contribution in [0.5, 0.6) is 0 Å². The van der Waals surface area contributed by atoms with E-state index in [1.54, 1.807) is 0 Å². The predicted octanol–water partition coefficient (Wildman–Crippen LogP) is 16.2. The van der Waals surface area contributed by atoms with Gasteiger partial charge in [0.25, 0.3) is 0 Å². The summed E-state index contributed by atoms with van der Waals surface area (Å²) in [4.78, 5) is 2.44. The summed E-state index contributed by atoms with van der Waals surface area (Å²) in [6.45, 7) is 0. The molecule has 0 fully saturated rings. The summed E-state index contributed by atoms with van der Waals surface area (Å²) in [6, 6.07) is 72.7. The number of rotatable bonds is 5. The van der Waals surface area contributed by atoms with Crippen molar-refractivity contribution in [3.63, 3.8) is 0 Å². The summed E-state index contributed by atoms with van der Waals surface area (Å²) < 4.78 is 9.55. The smallest absolute Gasteiger partial charge is 0.145 e. The first kappa shape index (κ1) is 32.1. The molecule has 3 heteroatoms. The molecule has 0 unspecified atom stereocenters. The molecular weight excluding hydrogens is 711 g/mol. The van der Waals surface area contributed by atoms with Crippen LogP contribution in [0.3, 0.4) is 0 Å². The van der Waals surface area contributed by atoms with Crippen LogP contribution >= 0.6 is 11.3 Å². The van der Waals surface area contributed by atoms with Gasteiger partial charge < -0.3 is 9.32 Å². The number of furan rings is 1. The van der Waals surface area contributed by atoms with Gasteiger partial charge in [0, 0.05) is 42.2 Å². The van der Waals surface area contributed by atoms with Gasteiger partial charge in [0.15, 0.2) is 0 Å². The molecule has 2 aromatic heterocycles. The zero-order valence-corrected chi connectivity index (χ0v) is 31.6. The minimum absolute atomic E-state index is 0.872. The summed E-state index contributed by atoms with van der Waals surface area (Å²) in [5.74, 6) is 0. The fourth-order valence-corrected chi connectivity index (χ4v) is 10.3. The fraction of sp³-hybridized carbons (Fsp3) is 0. The van der Waals surface area contributed by atoms with Crippen LogP contribution in [0.25, 0.3) is 96.7 Å². The van der Waals surface area contributed by atoms with Gasteiger partial charge in [-0.1, -0.05) is 158 Å². The summed E-state index contributed by atoms with van der Waals surface area (Å²) in [6.07, 6.45) is 0. The van der Waals surface area contributed by atoms with E-state index in [0.29, 0.717) is 0 Å². The third-order valence-electron chi connectivity index (χ3n) is 11.7. The maximum atomic E-state index is 6.91. The van der Waals surface area contributed by atoms with Crippen LogP contribution in [0.4, 0.5) is 17.1 Å². The molecule has 2 nitrogen and oxygen atoms in total. The lowest BCUT2D eigenvalue weighted by atomic mass is 9.95. The van der Waals surface area contributed by atoms with Crippen molar-refractivity contribution >= 4 is 103 Å². The second-order valence-electron chi connectivity index (χ2n) is 14.8. The Balaban J connectivity index is 1.12. The molecular formula is C54H33NOS. The molecule has 10 aromatic carbocycles. The van der Waals surface area contributed by atoms with Gasteiger partial charge >= 0.3 is 0 Å². The predicted molar refractivity (Wildman–Crippen MR) is 245 cm³/mol. The van der Waals surface area contributed by atoms with Crippen molar-refractivity contribution in [1.29, 1.82) is 0 Å². The van der Waals surface area contributed by atoms with Crippen LogP contribution in [-0.2, 0) is 0 Å². The van der Waals surface area contributed by atoms with E-state index in [4.69, 9.17) is 4.42 Å².